The van der Waals surface area contributed by atoms with Crippen molar-refractivity contribution in [1.82, 2.24) is 14.9 Å². The lowest BCUT2D eigenvalue weighted by molar-refractivity contribution is 0.0704. The van der Waals surface area contributed by atoms with E-state index < -0.39 is 0 Å². The summed E-state index contributed by atoms with van der Waals surface area (Å²) in [5, 5.41) is 0. The van der Waals surface area contributed by atoms with Gasteiger partial charge < -0.3 is 10.6 Å². The monoisotopic (exact) mass is 222 g/mol. The predicted molar refractivity (Wildman–Crippen MR) is 61.9 cm³/mol. The summed E-state index contributed by atoms with van der Waals surface area (Å²) >= 11 is 0. The highest BCUT2D eigenvalue weighted by Gasteiger charge is 2.18. The van der Waals surface area contributed by atoms with Crippen LogP contribution < -0.4 is 5.73 Å². The van der Waals surface area contributed by atoms with Gasteiger partial charge in [-0.25, -0.2) is 9.97 Å². The fourth-order valence-electron chi connectivity index (χ4n) is 1.43. The van der Waals surface area contributed by atoms with Crippen molar-refractivity contribution < 1.29 is 4.79 Å². The lowest BCUT2D eigenvalue weighted by Gasteiger charge is -2.26. The molecule has 0 fully saturated rings. The van der Waals surface area contributed by atoms with Gasteiger partial charge in [-0.2, -0.15) is 0 Å². The Morgan fingerprint density at radius 1 is 1.44 bits per heavy atom. The van der Waals surface area contributed by atoms with Crippen LogP contribution >= 0.6 is 0 Å². The first-order valence-corrected chi connectivity index (χ1v) is 5.43. The third-order valence-corrected chi connectivity index (χ3v) is 2.29. The average molecular weight is 222 g/mol. The van der Waals surface area contributed by atoms with Gasteiger partial charge in [-0.05, 0) is 26.8 Å². The van der Waals surface area contributed by atoms with Crippen molar-refractivity contribution in [2.45, 2.75) is 26.3 Å². The lowest BCUT2D eigenvalue weighted by atomic mass is 10.2. The Balaban J connectivity index is 2.75. The Morgan fingerprint density at radius 2 is 2.06 bits per heavy atom. The van der Waals surface area contributed by atoms with Gasteiger partial charge in [0.2, 0.25) is 0 Å². The molecule has 0 saturated heterocycles. The van der Waals surface area contributed by atoms with Crippen LogP contribution in [0.1, 0.15) is 30.6 Å². The molecule has 0 bridgehead atoms. The maximum absolute atomic E-state index is 12.1. The number of rotatable bonds is 5. The van der Waals surface area contributed by atoms with Gasteiger partial charge in [-0.3, -0.25) is 4.79 Å². The third kappa shape index (κ3) is 3.27. The van der Waals surface area contributed by atoms with E-state index in [9.17, 15) is 4.79 Å². The predicted octanol–water partition coefficient (Wildman–Crippen LogP) is 0.676. The second kappa shape index (κ2) is 6.17. The number of hydrogen-bond donors (Lipinski definition) is 1. The maximum Gasteiger partial charge on any atom is 0.257 e. The second-order valence-corrected chi connectivity index (χ2v) is 3.86. The molecule has 1 amide bonds. The molecule has 0 unspecified atom stereocenters. The summed E-state index contributed by atoms with van der Waals surface area (Å²) < 4.78 is 0. The van der Waals surface area contributed by atoms with Crippen LogP contribution in [0.5, 0.6) is 0 Å². The van der Waals surface area contributed by atoms with Gasteiger partial charge in [0, 0.05) is 25.0 Å². The molecule has 1 aromatic rings. The van der Waals surface area contributed by atoms with Gasteiger partial charge in [0.15, 0.2) is 0 Å². The molecule has 0 atom stereocenters. The highest BCUT2D eigenvalue weighted by Crippen LogP contribution is 2.06. The van der Waals surface area contributed by atoms with Crippen LogP contribution in [-0.2, 0) is 0 Å². The van der Waals surface area contributed by atoms with Crippen LogP contribution in [0.2, 0.25) is 0 Å². The SMILES string of the molecule is CC(C)N(CCCN)C(=O)c1cncnc1. The van der Waals surface area contributed by atoms with Crippen molar-refractivity contribution in [3.8, 4) is 0 Å². The molecular formula is C11H18N4O. The standard InChI is InChI=1S/C11H18N4O/c1-9(2)15(5-3-4-12)11(16)10-6-13-8-14-7-10/h6-9H,3-5,12H2,1-2H3. The largest absolute Gasteiger partial charge is 0.336 e. The first-order valence-electron chi connectivity index (χ1n) is 5.43. The van der Waals surface area contributed by atoms with Gasteiger partial charge in [0.25, 0.3) is 5.91 Å². The summed E-state index contributed by atoms with van der Waals surface area (Å²) in [4.78, 5) is 21.6. The molecule has 0 saturated carbocycles. The molecule has 1 heterocycles. The van der Waals surface area contributed by atoms with E-state index in [0.29, 0.717) is 18.7 Å². The molecule has 0 aliphatic heterocycles. The number of amides is 1. The molecule has 16 heavy (non-hydrogen) atoms. The van der Waals surface area contributed by atoms with Gasteiger partial charge in [0.1, 0.15) is 6.33 Å². The van der Waals surface area contributed by atoms with E-state index in [1.807, 2.05) is 13.8 Å². The quantitative estimate of drug-likeness (QED) is 0.795. The zero-order valence-corrected chi connectivity index (χ0v) is 9.76. The molecule has 0 aliphatic rings. The van der Waals surface area contributed by atoms with Crippen LogP contribution in [0.15, 0.2) is 18.7 Å². The van der Waals surface area contributed by atoms with E-state index >= 15 is 0 Å². The maximum atomic E-state index is 12.1. The Labute approximate surface area is 95.7 Å². The zero-order chi connectivity index (χ0) is 12.0. The third-order valence-electron chi connectivity index (χ3n) is 2.29. The number of carbonyl (C=O) groups is 1. The fourth-order valence-corrected chi connectivity index (χ4v) is 1.43. The minimum absolute atomic E-state index is 0.0379. The molecular weight excluding hydrogens is 204 g/mol. The first kappa shape index (κ1) is 12.6. The molecule has 1 aromatic heterocycles. The Bertz CT molecular complexity index is 326. The van der Waals surface area contributed by atoms with Gasteiger partial charge >= 0.3 is 0 Å². The summed E-state index contributed by atoms with van der Waals surface area (Å²) in [6.45, 7) is 5.22. The first-order chi connectivity index (χ1) is 7.66. The van der Waals surface area contributed by atoms with Crippen LogP contribution in [0.25, 0.3) is 0 Å². The Hall–Kier alpha value is -1.49. The summed E-state index contributed by atoms with van der Waals surface area (Å²) in [5.74, 6) is -0.0379. The molecule has 0 aromatic carbocycles. The molecule has 1 rings (SSSR count). The van der Waals surface area contributed by atoms with E-state index in [-0.39, 0.29) is 11.9 Å². The summed E-state index contributed by atoms with van der Waals surface area (Å²) in [5.41, 5.74) is 5.97. The highest BCUT2D eigenvalue weighted by atomic mass is 16.2. The van der Waals surface area contributed by atoms with Gasteiger partial charge in [-0.1, -0.05) is 0 Å². The molecule has 0 radical (unpaired) electrons. The topological polar surface area (TPSA) is 72.1 Å². The zero-order valence-electron chi connectivity index (χ0n) is 9.76. The van der Waals surface area contributed by atoms with E-state index in [2.05, 4.69) is 9.97 Å². The number of nitrogens with two attached hydrogens (primary N) is 1. The number of hydrogen-bond acceptors (Lipinski definition) is 4. The summed E-state index contributed by atoms with van der Waals surface area (Å²) in [6, 6.07) is 0.152. The van der Waals surface area contributed by atoms with E-state index in [0.717, 1.165) is 6.42 Å². The average Bonchev–Trinajstić information content (AvgIpc) is 2.30. The van der Waals surface area contributed by atoms with Crippen molar-refractivity contribution in [2.75, 3.05) is 13.1 Å². The van der Waals surface area contributed by atoms with Crippen molar-refractivity contribution in [2.24, 2.45) is 5.73 Å². The van der Waals surface area contributed by atoms with Gasteiger partial charge in [-0.15, -0.1) is 0 Å². The lowest BCUT2D eigenvalue weighted by Crippen LogP contribution is -2.38. The second-order valence-electron chi connectivity index (χ2n) is 3.86. The normalized spacial score (nSPS) is 10.5. The van der Waals surface area contributed by atoms with Crippen LogP contribution in [0.3, 0.4) is 0 Å². The highest BCUT2D eigenvalue weighted by molar-refractivity contribution is 5.93. The molecule has 2 N–H and O–H groups in total. The van der Waals surface area contributed by atoms with Crippen molar-refractivity contribution in [3.05, 3.63) is 24.3 Å². The summed E-state index contributed by atoms with van der Waals surface area (Å²) in [7, 11) is 0. The summed E-state index contributed by atoms with van der Waals surface area (Å²) in [6.07, 6.45) is 5.29. The Morgan fingerprint density at radius 3 is 2.56 bits per heavy atom. The van der Waals surface area contributed by atoms with Crippen LogP contribution in [0.4, 0.5) is 0 Å². The number of nitrogens with zero attached hydrogens (tertiary/aromatic N) is 3. The molecule has 0 spiro atoms. The minimum atomic E-state index is -0.0379. The van der Waals surface area contributed by atoms with Gasteiger partial charge in [0.05, 0.1) is 5.56 Å². The van der Waals surface area contributed by atoms with E-state index in [4.69, 9.17) is 5.73 Å². The van der Waals surface area contributed by atoms with E-state index in [1.54, 1.807) is 4.90 Å². The Kier molecular flexibility index (Phi) is 4.85. The molecule has 5 nitrogen and oxygen atoms in total. The molecule has 0 aliphatic carbocycles. The number of carbonyl (C=O) groups excluding carboxylic acids is 1. The molecule has 88 valence electrons. The number of aromatic nitrogens is 2. The van der Waals surface area contributed by atoms with Crippen molar-refractivity contribution in [3.63, 3.8) is 0 Å². The van der Waals surface area contributed by atoms with Crippen LogP contribution in [0, 0.1) is 0 Å². The van der Waals surface area contributed by atoms with E-state index in [1.165, 1.54) is 18.7 Å². The smallest absolute Gasteiger partial charge is 0.257 e. The van der Waals surface area contributed by atoms with Crippen molar-refractivity contribution >= 4 is 5.91 Å². The van der Waals surface area contributed by atoms with Crippen LogP contribution in [-0.4, -0.2) is 39.9 Å². The minimum Gasteiger partial charge on any atom is -0.336 e. The molecule has 5 heteroatoms. The van der Waals surface area contributed by atoms with Crippen molar-refractivity contribution in [1.29, 1.82) is 0 Å². The fraction of sp³-hybridized carbons (Fsp3) is 0.545.